The lowest BCUT2D eigenvalue weighted by Crippen LogP contribution is -1.82. The quantitative estimate of drug-likeness (QED) is 0.725. The van der Waals surface area contributed by atoms with Crippen LogP contribution in [0.15, 0.2) is 29.8 Å². The molecule has 0 saturated carbocycles. The van der Waals surface area contributed by atoms with Gasteiger partial charge in [-0.25, -0.2) is 4.98 Å². The van der Waals surface area contributed by atoms with Crippen molar-refractivity contribution in [3.05, 3.63) is 40.2 Å². The lowest BCUT2D eigenvalue weighted by atomic mass is 10.1. The number of nitrogens with zero attached hydrogens (tertiary/aromatic N) is 1. The third kappa shape index (κ3) is 1.70. The number of hydrogen-bond donors (Lipinski definition) is 0. The molecule has 0 unspecified atom stereocenters. The Morgan fingerprint density at radius 3 is 2.43 bits per heavy atom. The second kappa shape index (κ2) is 3.93. The van der Waals surface area contributed by atoms with E-state index in [1.807, 2.05) is 5.51 Å². The molecule has 72 valence electrons. The molecule has 0 aliphatic carbocycles. The van der Waals surface area contributed by atoms with E-state index >= 15 is 0 Å². The SMILES string of the molecule is CCc1ccc(-c2ncsc2C)cc1. The predicted molar refractivity (Wildman–Crippen MR) is 61.7 cm³/mol. The Kier molecular flexibility index (Phi) is 2.64. The summed E-state index contributed by atoms with van der Waals surface area (Å²) in [4.78, 5) is 5.65. The molecule has 0 spiro atoms. The van der Waals surface area contributed by atoms with Gasteiger partial charge in [-0.3, -0.25) is 0 Å². The fourth-order valence-electron chi connectivity index (χ4n) is 1.48. The molecule has 14 heavy (non-hydrogen) atoms. The molecule has 0 bridgehead atoms. The molecule has 0 radical (unpaired) electrons. The summed E-state index contributed by atoms with van der Waals surface area (Å²) in [5.41, 5.74) is 5.62. The number of hydrogen-bond acceptors (Lipinski definition) is 2. The number of thiazole rings is 1. The topological polar surface area (TPSA) is 12.9 Å². The average molecular weight is 203 g/mol. The largest absolute Gasteiger partial charge is 0.244 e. The van der Waals surface area contributed by atoms with Gasteiger partial charge in [0, 0.05) is 10.4 Å². The molecule has 2 aromatic rings. The van der Waals surface area contributed by atoms with Crippen LogP contribution in [0.2, 0.25) is 0 Å². The number of aromatic nitrogens is 1. The van der Waals surface area contributed by atoms with E-state index in [-0.39, 0.29) is 0 Å². The highest BCUT2D eigenvalue weighted by atomic mass is 32.1. The standard InChI is InChI=1S/C12H13NS/c1-3-10-4-6-11(7-5-10)12-9(2)14-8-13-12/h4-8H,3H2,1-2H3. The minimum absolute atomic E-state index is 1.09. The Labute approximate surface area is 88.4 Å². The van der Waals surface area contributed by atoms with Crippen molar-refractivity contribution in [2.24, 2.45) is 0 Å². The zero-order valence-corrected chi connectivity index (χ0v) is 9.27. The van der Waals surface area contributed by atoms with E-state index < -0.39 is 0 Å². The Morgan fingerprint density at radius 2 is 1.93 bits per heavy atom. The first kappa shape index (κ1) is 9.41. The highest BCUT2D eigenvalue weighted by molar-refractivity contribution is 7.10. The van der Waals surface area contributed by atoms with Crippen molar-refractivity contribution in [2.75, 3.05) is 0 Å². The summed E-state index contributed by atoms with van der Waals surface area (Å²) in [5.74, 6) is 0. The summed E-state index contributed by atoms with van der Waals surface area (Å²) >= 11 is 1.70. The molecule has 0 aliphatic rings. The molecule has 0 aliphatic heterocycles. The van der Waals surface area contributed by atoms with Gasteiger partial charge < -0.3 is 0 Å². The van der Waals surface area contributed by atoms with Gasteiger partial charge in [-0.15, -0.1) is 11.3 Å². The van der Waals surface area contributed by atoms with Crippen LogP contribution in [-0.2, 0) is 6.42 Å². The molecule has 0 amide bonds. The van der Waals surface area contributed by atoms with E-state index in [4.69, 9.17) is 0 Å². The van der Waals surface area contributed by atoms with Crippen molar-refractivity contribution in [3.8, 4) is 11.3 Å². The van der Waals surface area contributed by atoms with Crippen LogP contribution in [0.5, 0.6) is 0 Å². The molecule has 2 heteroatoms. The van der Waals surface area contributed by atoms with Crippen LogP contribution < -0.4 is 0 Å². The van der Waals surface area contributed by atoms with Gasteiger partial charge in [0.1, 0.15) is 0 Å². The summed E-state index contributed by atoms with van der Waals surface area (Å²) < 4.78 is 0. The van der Waals surface area contributed by atoms with Gasteiger partial charge in [-0.05, 0) is 18.9 Å². The fraction of sp³-hybridized carbons (Fsp3) is 0.250. The Hall–Kier alpha value is -1.15. The predicted octanol–water partition coefficient (Wildman–Crippen LogP) is 3.68. The first-order valence-electron chi connectivity index (χ1n) is 4.80. The summed E-state index contributed by atoms with van der Waals surface area (Å²) in [6.07, 6.45) is 1.09. The van der Waals surface area contributed by atoms with E-state index in [2.05, 4.69) is 43.1 Å². The second-order valence-corrected chi connectivity index (χ2v) is 4.37. The van der Waals surface area contributed by atoms with Crippen molar-refractivity contribution < 1.29 is 0 Å². The van der Waals surface area contributed by atoms with E-state index in [1.54, 1.807) is 11.3 Å². The monoisotopic (exact) mass is 203 g/mol. The molecule has 0 fully saturated rings. The van der Waals surface area contributed by atoms with E-state index in [9.17, 15) is 0 Å². The van der Waals surface area contributed by atoms with Gasteiger partial charge in [0.2, 0.25) is 0 Å². The van der Waals surface area contributed by atoms with Gasteiger partial charge in [0.15, 0.2) is 0 Å². The molecule has 1 heterocycles. The van der Waals surface area contributed by atoms with Crippen molar-refractivity contribution >= 4 is 11.3 Å². The van der Waals surface area contributed by atoms with E-state index in [0.29, 0.717) is 0 Å². The lowest BCUT2D eigenvalue weighted by molar-refractivity contribution is 1.14. The second-order valence-electron chi connectivity index (χ2n) is 3.31. The fourth-order valence-corrected chi connectivity index (χ4v) is 2.08. The molecular formula is C12H13NS. The van der Waals surface area contributed by atoms with Crippen LogP contribution in [0.1, 0.15) is 17.4 Å². The summed E-state index contributed by atoms with van der Waals surface area (Å²) in [7, 11) is 0. The smallest absolute Gasteiger partial charge is 0.0840 e. The number of rotatable bonds is 2. The molecule has 0 atom stereocenters. The van der Waals surface area contributed by atoms with Crippen LogP contribution in [0.4, 0.5) is 0 Å². The maximum absolute atomic E-state index is 4.36. The number of aryl methyl sites for hydroxylation is 2. The van der Waals surface area contributed by atoms with Gasteiger partial charge in [-0.2, -0.15) is 0 Å². The van der Waals surface area contributed by atoms with Gasteiger partial charge >= 0.3 is 0 Å². The van der Waals surface area contributed by atoms with Crippen LogP contribution in [0.3, 0.4) is 0 Å². The van der Waals surface area contributed by atoms with E-state index in [1.165, 1.54) is 16.0 Å². The molecular weight excluding hydrogens is 190 g/mol. The normalized spacial score (nSPS) is 10.4. The number of benzene rings is 1. The average Bonchev–Trinajstić information content (AvgIpc) is 2.65. The molecule has 1 nitrogen and oxygen atoms in total. The molecule has 1 aromatic heterocycles. The summed E-state index contributed by atoms with van der Waals surface area (Å²) in [6, 6.07) is 8.66. The maximum Gasteiger partial charge on any atom is 0.0840 e. The van der Waals surface area contributed by atoms with Gasteiger partial charge in [-0.1, -0.05) is 31.2 Å². The van der Waals surface area contributed by atoms with E-state index in [0.717, 1.165) is 12.1 Å². The third-order valence-corrected chi connectivity index (χ3v) is 3.14. The molecule has 1 aromatic carbocycles. The minimum Gasteiger partial charge on any atom is -0.244 e. The third-order valence-electron chi connectivity index (χ3n) is 2.38. The molecule has 0 N–H and O–H groups in total. The highest BCUT2D eigenvalue weighted by Gasteiger charge is 2.03. The van der Waals surface area contributed by atoms with Crippen LogP contribution >= 0.6 is 11.3 Å². The zero-order chi connectivity index (χ0) is 9.97. The van der Waals surface area contributed by atoms with Crippen molar-refractivity contribution in [3.63, 3.8) is 0 Å². The Balaban J connectivity index is 2.39. The first-order chi connectivity index (χ1) is 6.81. The Morgan fingerprint density at radius 1 is 1.21 bits per heavy atom. The summed E-state index contributed by atoms with van der Waals surface area (Å²) in [6.45, 7) is 4.28. The summed E-state index contributed by atoms with van der Waals surface area (Å²) in [5, 5.41) is 0. The Bertz CT molecular complexity index is 414. The van der Waals surface area contributed by atoms with Crippen LogP contribution in [0.25, 0.3) is 11.3 Å². The molecule has 0 saturated heterocycles. The molecule has 2 rings (SSSR count). The maximum atomic E-state index is 4.36. The van der Waals surface area contributed by atoms with Crippen LogP contribution in [-0.4, -0.2) is 4.98 Å². The van der Waals surface area contributed by atoms with Gasteiger partial charge in [0.05, 0.1) is 11.2 Å². The van der Waals surface area contributed by atoms with Crippen molar-refractivity contribution in [1.82, 2.24) is 4.98 Å². The van der Waals surface area contributed by atoms with Crippen LogP contribution in [0, 0.1) is 6.92 Å². The lowest BCUT2D eigenvalue weighted by Gasteiger charge is -2.00. The first-order valence-corrected chi connectivity index (χ1v) is 5.68. The van der Waals surface area contributed by atoms with Crippen molar-refractivity contribution in [1.29, 1.82) is 0 Å². The highest BCUT2D eigenvalue weighted by Crippen LogP contribution is 2.24. The zero-order valence-electron chi connectivity index (χ0n) is 8.45. The van der Waals surface area contributed by atoms with Gasteiger partial charge in [0.25, 0.3) is 0 Å². The van der Waals surface area contributed by atoms with Crippen molar-refractivity contribution in [2.45, 2.75) is 20.3 Å². The minimum atomic E-state index is 1.09.